The van der Waals surface area contributed by atoms with Gasteiger partial charge in [-0.1, -0.05) is 23.5 Å². The summed E-state index contributed by atoms with van der Waals surface area (Å²) in [6.07, 6.45) is 6.23. The highest BCUT2D eigenvalue weighted by atomic mass is 32.1. The molecule has 2 aliphatic rings. The predicted octanol–water partition coefficient (Wildman–Crippen LogP) is 4.42. The summed E-state index contributed by atoms with van der Waals surface area (Å²) >= 11 is 1.51. The van der Waals surface area contributed by atoms with Crippen molar-refractivity contribution in [3.05, 3.63) is 47.7 Å². The molecule has 2 saturated heterocycles. The lowest BCUT2D eigenvalue weighted by Crippen LogP contribution is -2.50. The third kappa shape index (κ3) is 3.91. The summed E-state index contributed by atoms with van der Waals surface area (Å²) in [5.74, 6) is 1.01. The van der Waals surface area contributed by atoms with Crippen molar-refractivity contribution in [3.63, 3.8) is 0 Å². The summed E-state index contributed by atoms with van der Waals surface area (Å²) < 4.78 is 6.97. The molecule has 2 bridgehead atoms. The maximum atomic E-state index is 11.9. The average molecular weight is 423 g/mol. The van der Waals surface area contributed by atoms with Crippen molar-refractivity contribution in [1.29, 1.82) is 0 Å². The SMILES string of the molecule is CC(=O)N1C2CC[C@H]1CC(NCc1ccc(Oc3nc4ncc(C)cc4s3)cc1)C2. The average Bonchev–Trinajstić information content (AvgIpc) is 3.24. The molecule has 0 spiro atoms. The van der Waals surface area contributed by atoms with E-state index >= 15 is 0 Å². The van der Waals surface area contributed by atoms with Crippen molar-refractivity contribution in [1.82, 2.24) is 20.2 Å². The van der Waals surface area contributed by atoms with E-state index in [2.05, 4.69) is 38.4 Å². The van der Waals surface area contributed by atoms with Gasteiger partial charge in [0.2, 0.25) is 5.91 Å². The van der Waals surface area contributed by atoms with E-state index in [0.717, 1.165) is 53.9 Å². The summed E-state index contributed by atoms with van der Waals surface area (Å²) in [7, 11) is 0. The van der Waals surface area contributed by atoms with Crippen LogP contribution in [0.4, 0.5) is 0 Å². The summed E-state index contributed by atoms with van der Waals surface area (Å²) in [5.41, 5.74) is 3.08. The predicted molar refractivity (Wildman–Crippen MR) is 118 cm³/mol. The molecule has 0 saturated carbocycles. The van der Waals surface area contributed by atoms with Gasteiger partial charge in [-0.05, 0) is 61.9 Å². The number of amides is 1. The molecule has 3 aromatic rings. The van der Waals surface area contributed by atoms with Gasteiger partial charge >= 0.3 is 0 Å². The van der Waals surface area contributed by atoms with E-state index in [0.29, 0.717) is 23.3 Å². The van der Waals surface area contributed by atoms with Crippen LogP contribution in [0.2, 0.25) is 0 Å². The van der Waals surface area contributed by atoms with Crippen LogP contribution in [-0.2, 0) is 11.3 Å². The van der Waals surface area contributed by atoms with Crippen LogP contribution < -0.4 is 10.1 Å². The molecule has 1 aromatic carbocycles. The van der Waals surface area contributed by atoms with Crippen LogP contribution in [0.5, 0.6) is 10.9 Å². The largest absolute Gasteiger partial charge is 0.431 e. The zero-order valence-corrected chi connectivity index (χ0v) is 18.1. The Kier molecular flexibility index (Phi) is 5.16. The van der Waals surface area contributed by atoms with Crippen molar-refractivity contribution in [2.75, 3.05) is 0 Å². The Labute approximate surface area is 180 Å². The van der Waals surface area contributed by atoms with Crippen LogP contribution in [0.3, 0.4) is 0 Å². The van der Waals surface area contributed by atoms with Crippen LogP contribution >= 0.6 is 11.3 Å². The highest BCUT2D eigenvalue weighted by Crippen LogP contribution is 2.36. The molecule has 3 atom stereocenters. The first kappa shape index (κ1) is 19.5. The van der Waals surface area contributed by atoms with Crippen molar-refractivity contribution >= 4 is 27.6 Å². The van der Waals surface area contributed by atoms with Gasteiger partial charge in [-0.25, -0.2) is 4.98 Å². The van der Waals surface area contributed by atoms with Gasteiger partial charge in [-0.2, -0.15) is 4.98 Å². The highest BCUT2D eigenvalue weighted by molar-refractivity contribution is 7.20. The molecule has 1 amide bonds. The Balaban J connectivity index is 1.17. The highest BCUT2D eigenvalue weighted by Gasteiger charge is 2.41. The Bertz CT molecular complexity index is 1050. The molecule has 0 radical (unpaired) electrons. The van der Waals surface area contributed by atoms with Crippen LogP contribution in [0.15, 0.2) is 36.5 Å². The molecule has 6 nitrogen and oxygen atoms in total. The summed E-state index contributed by atoms with van der Waals surface area (Å²) in [5, 5.41) is 4.31. The number of rotatable bonds is 5. The fourth-order valence-electron chi connectivity index (χ4n) is 4.84. The molecule has 0 aliphatic carbocycles. The second kappa shape index (κ2) is 7.96. The van der Waals surface area contributed by atoms with E-state index in [4.69, 9.17) is 4.74 Å². The van der Waals surface area contributed by atoms with Crippen molar-refractivity contribution in [2.24, 2.45) is 0 Å². The van der Waals surface area contributed by atoms with Gasteiger partial charge in [-0.15, -0.1) is 0 Å². The lowest BCUT2D eigenvalue weighted by molar-refractivity contribution is -0.133. The zero-order chi connectivity index (χ0) is 20.7. The second-order valence-corrected chi connectivity index (χ2v) is 9.41. The number of carbonyl (C=O) groups is 1. The fourth-order valence-corrected chi connectivity index (χ4v) is 5.73. The number of thiazole rings is 1. The number of aromatic nitrogens is 2. The van der Waals surface area contributed by atoms with Gasteiger partial charge in [0, 0.05) is 37.8 Å². The smallest absolute Gasteiger partial charge is 0.281 e. The number of carbonyl (C=O) groups excluding carboxylic acids is 1. The lowest BCUT2D eigenvalue weighted by Gasteiger charge is -2.38. The third-order valence-corrected chi connectivity index (χ3v) is 7.05. The quantitative estimate of drug-likeness (QED) is 0.659. The molecule has 1 N–H and O–H groups in total. The van der Waals surface area contributed by atoms with Crippen molar-refractivity contribution in [2.45, 2.75) is 64.2 Å². The van der Waals surface area contributed by atoms with Gasteiger partial charge in [0.25, 0.3) is 5.19 Å². The minimum absolute atomic E-state index is 0.232. The molecule has 156 valence electrons. The maximum Gasteiger partial charge on any atom is 0.281 e. The van der Waals surface area contributed by atoms with Gasteiger partial charge in [0.15, 0.2) is 5.65 Å². The first-order chi connectivity index (χ1) is 14.5. The fraction of sp³-hybridized carbons (Fsp3) is 0.435. The van der Waals surface area contributed by atoms with Crippen molar-refractivity contribution in [3.8, 4) is 10.9 Å². The van der Waals surface area contributed by atoms with E-state index in [1.165, 1.54) is 16.9 Å². The number of piperidine rings is 1. The van der Waals surface area contributed by atoms with Gasteiger partial charge in [0.05, 0.1) is 4.70 Å². The number of hydrogen-bond donors (Lipinski definition) is 1. The Morgan fingerprint density at radius 1 is 1.23 bits per heavy atom. The van der Waals surface area contributed by atoms with Crippen LogP contribution in [-0.4, -0.2) is 38.9 Å². The molecule has 2 aliphatic heterocycles. The van der Waals surface area contributed by atoms with E-state index < -0.39 is 0 Å². The van der Waals surface area contributed by atoms with Crippen molar-refractivity contribution < 1.29 is 9.53 Å². The van der Waals surface area contributed by atoms with E-state index in [9.17, 15) is 4.79 Å². The van der Waals surface area contributed by atoms with Crippen LogP contribution in [0.1, 0.15) is 43.7 Å². The number of pyridine rings is 1. The Morgan fingerprint density at radius 3 is 2.67 bits per heavy atom. The second-order valence-electron chi connectivity index (χ2n) is 8.42. The minimum atomic E-state index is 0.232. The standard InChI is InChI=1S/C23H26N4O2S/c1-14-9-21-22(25-12-14)26-23(30-21)29-20-7-3-16(4-8-20)13-24-17-10-18-5-6-19(11-17)27(18)15(2)28/h3-4,7-9,12,17-19,24H,5-6,10-11,13H2,1-2H3/t17?,18-,19?/m0/s1. The molecule has 2 unspecified atom stereocenters. The molecule has 30 heavy (non-hydrogen) atoms. The Hall–Kier alpha value is -2.51. The number of aryl methyl sites for hydroxylation is 1. The van der Waals surface area contributed by atoms with Gasteiger partial charge < -0.3 is 15.0 Å². The van der Waals surface area contributed by atoms with Crippen LogP contribution in [0, 0.1) is 6.92 Å². The monoisotopic (exact) mass is 422 g/mol. The van der Waals surface area contributed by atoms with Crippen LogP contribution in [0.25, 0.3) is 10.3 Å². The number of hydrogen-bond acceptors (Lipinski definition) is 6. The van der Waals surface area contributed by atoms with E-state index in [1.54, 1.807) is 6.92 Å². The maximum absolute atomic E-state index is 11.9. The van der Waals surface area contributed by atoms with E-state index in [1.807, 2.05) is 25.3 Å². The summed E-state index contributed by atoms with van der Waals surface area (Å²) in [6.45, 7) is 4.56. The summed E-state index contributed by atoms with van der Waals surface area (Å²) in [4.78, 5) is 22.8. The molecule has 2 fully saturated rings. The third-order valence-electron chi connectivity index (χ3n) is 6.18. The van der Waals surface area contributed by atoms with E-state index in [-0.39, 0.29) is 5.91 Å². The normalized spacial score (nSPS) is 23.1. The molecule has 2 aromatic heterocycles. The Morgan fingerprint density at radius 2 is 1.97 bits per heavy atom. The number of ether oxygens (including phenoxy) is 1. The summed E-state index contributed by atoms with van der Waals surface area (Å²) in [6, 6.07) is 11.6. The molecule has 7 heteroatoms. The first-order valence-corrected chi connectivity index (χ1v) is 11.4. The molecule has 5 rings (SSSR count). The van der Waals surface area contributed by atoms with Gasteiger partial charge in [0.1, 0.15) is 5.75 Å². The number of nitrogens with one attached hydrogen (secondary N) is 1. The lowest BCUT2D eigenvalue weighted by atomic mass is 9.97. The number of nitrogens with zero attached hydrogens (tertiary/aromatic N) is 3. The molecule has 4 heterocycles. The molecular weight excluding hydrogens is 396 g/mol. The topological polar surface area (TPSA) is 67.4 Å². The van der Waals surface area contributed by atoms with Gasteiger partial charge in [-0.3, -0.25) is 4.79 Å². The molecular formula is C23H26N4O2S. The first-order valence-electron chi connectivity index (χ1n) is 10.6. The number of fused-ring (bicyclic) bond motifs is 3. The minimum Gasteiger partial charge on any atom is -0.431 e. The number of benzene rings is 1. The zero-order valence-electron chi connectivity index (χ0n) is 17.3.